The molecule has 0 bridgehead atoms. The molecule has 114 valence electrons. The summed E-state index contributed by atoms with van der Waals surface area (Å²) in [5.41, 5.74) is -1.56. The van der Waals surface area contributed by atoms with Crippen LogP contribution in [0.15, 0.2) is 41.2 Å². The zero-order chi connectivity index (χ0) is 16.3. The smallest absolute Gasteiger partial charge is 0.376 e. The van der Waals surface area contributed by atoms with E-state index in [1.807, 2.05) is 0 Å². The molecule has 1 aromatic heterocycles. The van der Waals surface area contributed by atoms with Gasteiger partial charge in [0.15, 0.2) is 0 Å². The summed E-state index contributed by atoms with van der Waals surface area (Å²) in [6.45, 7) is 0.822. The monoisotopic (exact) mass is 304 g/mol. The summed E-state index contributed by atoms with van der Waals surface area (Å²) < 4.78 is 6.21. The van der Waals surface area contributed by atoms with Crippen LogP contribution in [0.1, 0.15) is 5.69 Å². The number of carboxylic acids is 1. The van der Waals surface area contributed by atoms with Crippen molar-refractivity contribution in [2.45, 2.75) is 13.5 Å². The quantitative estimate of drug-likeness (QED) is 0.667. The van der Waals surface area contributed by atoms with Crippen molar-refractivity contribution in [2.24, 2.45) is 0 Å². The zero-order valence-corrected chi connectivity index (χ0v) is 11.6. The highest BCUT2D eigenvalue weighted by Crippen LogP contribution is 2.29. The zero-order valence-electron chi connectivity index (χ0n) is 11.6. The minimum absolute atomic E-state index is 0.222. The average Bonchev–Trinajstić information content (AvgIpc) is 2.43. The summed E-state index contributed by atoms with van der Waals surface area (Å²) in [5, 5.41) is 19.9. The molecule has 0 fully saturated rings. The Morgan fingerprint density at radius 1 is 1.36 bits per heavy atom. The summed E-state index contributed by atoms with van der Waals surface area (Å²) in [6, 6.07) is 9.55. The number of hydrogen-bond donors (Lipinski definition) is 1. The minimum Gasteiger partial charge on any atom is -0.480 e. The molecule has 0 atom stereocenters. The molecule has 1 aromatic carbocycles. The molecule has 0 aliphatic rings. The lowest BCUT2D eigenvalue weighted by Gasteiger charge is -2.11. The highest BCUT2D eigenvalue weighted by atomic mass is 16.6. The number of benzene rings is 1. The van der Waals surface area contributed by atoms with Crippen LogP contribution in [-0.4, -0.2) is 20.6 Å². The molecule has 2 rings (SSSR count). The highest BCUT2D eigenvalue weighted by molar-refractivity contribution is 5.67. The van der Waals surface area contributed by atoms with Gasteiger partial charge in [0, 0.05) is 11.8 Å². The van der Waals surface area contributed by atoms with Crippen LogP contribution in [0.3, 0.4) is 0 Å². The Morgan fingerprint density at radius 3 is 2.55 bits per heavy atom. The summed E-state index contributed by atoms with van der Waals surface area (Å²) in [7, 11) is 0. The number of ether oxygens (including phenoxy) is 1. The Morgan fingerprint density at radius 2 is 2.00 bits per heavy atom. The van der Waals surface area contributed by atoms with Crippen molar-refractivity contribution in [3.63, 3.8) is 0 Å². The fourth-order valence-electron chi connectivity index (χ4n) is 1.92. The number of nitro groups is 1. The number of rotatable bonds is 5. The van der Waals surface area contributed by atoms with Gasteiger partial charge in [-0.3, -0.25) is 24.3 Å². The highest BCUT2D eigenvalue weighted by Gasteiger charge is 2.25. The Labute approximate surface area is 124 Å². The van der Waals surface area contributed by atoms with Crippen LogP contribution in [0.2, 0.25) is 0 Å². The van der Waals surface area contributed by atoms with Crippen LogP contribution in [0.5, 0.6) is 11.5 Å². The number of hydrogen-bond acceptors (Lipinski definition) is 5. The first-order valence-electron chi connectivity index (χ1n) is 6.23. The predicted octanol–water partition coefficient (Wildman–Crippen LogP) is 1.94. The van der Waals surface area contributed by atoms with E-state index in [4.69, 9.17) is 9.84 Å². The van der Waals surface area contributed by atoms with Crippen LogP contribution in [0.4, 0.5) is 5.69 Å². The first-order valence-corrected chi connectivity index (χ1v) is 6.23. The number of pyridine rings is 1. The molecule has 8 nitrogen and oxygen atoms in total. The Kier molecular flexibility index (Phi) is 4.21. The third kappa shape index (κ3) is 3.11. The molecule has 0 unspecified atom stereocenters. The van der Waals surface area contributed by atoms with Crippen molar-refractivity contribution < 1.29 is 19.6 Å². The molecular formula is C14H12N2O6. The standard InChI is InChI=1S/C14H12N2O6/c1-9-7-11(22-10-5-3-2-4-6-10)13(16(20)21)14(19)15(9)8-12(17)18/h2-7H,8H2,1H3,(H,17,18). The lowest BCUT2D eigenvalue weighted by atomic mass is 10.3. The van der Waals surface area contributed by atoms with Crippen LogP contribution < -0.4 is 10.3 Å². The van der Waals surface area contributed by atoms with Gasteiger partial charge in [-0.15, -0.1) is 0 Å². The number of para-hydroxylation sites is 1. The molecule has 0 aliphatic heterocycles. The Hall–Kier alpha value is -3.16. The molecule has 8 heteroatoms. The van der Waals surface area contributed by atoms with Gasteiger partial charge in [0.05, 0.1) is 4.92 Å². The van der Waals surface area contributed by atoms with E-state index in [9.17, 15) is 19.7 Å². The fraction of sp³-hybridized carbons (Fsp3) is 0.143. The molecule has 0 spiro atoms. The summed E-state index contributed by atoms with van der Waals surface area (Å²) >= 11 is 0. The van der Waals surface area contributed by atoms with Gasteiger partial charge in [0.25, 0.3) is 0 Å². The topological polar surface area (TPSA) is 112 Å². The van der Waals surface area contributed by atoms with Crippen LogP contribution in [-0.2, 0) is 11.3 Å². The molecule has 0 amide bonds. The van der Waals surface area contributed by atoms with E-state index in [1.165, 1.54) is 13.0 Å². The van der Waals surface area contributed by atoms with Crippen molar-refractivity contribution >= 4 is 11.7 Å². The van der Waals surface area contributed by atoms with E-state index in [1.54, 1.807) is 30.3 Å². The first-order chi connectivity index (χ1) is 10.4. The van der Waals surface area contributed by atoms with E-state index in [0.717, 1.165) is 4.57 Å². The van der Waals surface area contributed by atoms with Gasteiger partial charge >= 0.3 is 17.2 Å². The maximum atomic E-state index is 12.2. The van der Waals surface area contributed by atoms with E-state index in [-0.39, 0.29) is 11.4 Å². The molecule has 2 aromatic rings. The maximum absolute atomic E-state index is 12.2. The van der Waals surface area contributed by atoms with Crippen molar-refractivity contribution in [3.8, 4) is 11.5 Å². The summed E-state index contributed by atoms with van der Waals surface area (Å²) in [4.78, 5) is 33.2. The van der Waals surface area contributed by atoms with Gasteiger partial charge in [-0.25, -0.2) is 0 Å². The third-order valence-electron chi connectivity index (χ3n) is 2.89. The number of aromatic nitrogens is 1. The third-order valence-corrected chi connectivity index (χ3v) is 2.89. The van der Waals surface area contributed by atoms with Gasteiger partial charge in [-0.2, -0.15) is 0 Å². The lowest BCUT2D eigenvalue weighted by Crippen LogP contribution is -2.28. The molecule has 0 saturated carbocycles. The van der Waals surface area contributed by atoms with Crippen LogP contribution >= 0.6 is 0 Å². The SMILES string of the molecule is Cc1cc(Oc2ccccc2)c([N+](=O)[O-])c(=O)n1CC(=O)O. The molecular weight excluding hydrogens is 292 g/mol. The van der Waals surface area contributed by atoms with Gasteiger partial charge in [0.1, 0.15) is 12.3 Å². The maximum Gasteiger partial charge on any atom is 0.376 e. The fourth-order valence-corrected chi connectivity index (χ4v) is 1.92. The second-order valence-electron chi connectivity index (χ2n) is 4.46. The van der Waals surface area contributed by atoms with Crippen molar-refractivity contribution in [2.75, 3.05) is 0 Å². The van der Waals surface area contributed by atoms with Crippen molar-refractivity contribution in [1.29, 1.82) is 0 Å². The lowest BCUT2D eigenvalue weighted by molar-refractivity contribution is -0.387. The van der Waals surface area contributed by atoms with Crippen molar-refractivity contribution in [3.05, 3.63) is 62.6 Å². The molecule has 0 radical (unpaired) electrons. The number of aliphatic carboxylic acids is 1. The normalized spacial score (nSPS) is 10.2. The predicted molar refractivity (Wildman–Crippen MR) is 76.2 cm³/mol. The Bertz CT molecular complexity index is 782. The van der Waals surface area contributed by atoms with E-state index in [2.05, 4.69) is 0 Å². The number of carbonyl (C=O) groups is 1. The largest absolute Gasteiger partial charge is 0.480 e. The minimum atomic E-state index is -1.27. The van der Waals surface area contributed by atoms with Crippen LogP contribution in [0.25, 0.3) is 0 Å². The van der Waals surface area contributed by atoms with E-state index in [0.29, 0.717) is 5.75 Å². The average molecular weight is 304 g/mol. The van der Waals surface area contributed by atoms with E-state index >= 15 is 0 Å². The molecule has 0 aliphatic carbocycles. The summed E-state index contributed by atoms with van der Waals surface area (Å²) in [5.74, 6) is -1.16. The second-order valence-corrected chi connectivity index (χ2v) is 4.46. The molecule has 0 saturated heterocycles. The van der Waals surface area contributed by atoms with Gasteiger partial charge in [-0.1, -0.05) is 18.2 Å². The van der Waals surface area contributed by atoms with Gasteiger partial charge in [0.2, 0.25) is 5.75 Å². The molecule has 1 N–H and O–H groups in total. The van der Waals surface area contributed by atoms with Crippen molar-refractivity contribution in [1.82, 2.24) is 4.57 Å². The number of nitrogens with zero attached hydrogens (tertiary/aromatic N) is 2. The van der Waals surface area contributed by atoms with Gasteiger partial charge in [-0.05, 0) is 19.1 Å². The second kappa shape index (κ2) is 6.08. The summed E-state index contributed by atoms with van der Waals surface area (Å²) in [6.07, 6.45) is 0. The molecule has 1 heterocycles. The first kappa shape index (κ1) is 15.2. The number of carboxylic acid groups (broad SMARTS) is 1. The Balaban J connectivity index is 2.57. The van der Waals surface area contributed by atoms with Gasteiger partial charge < -0.3 is 9.84 Å². The number of aryl methyl sites for hydroxylation is 1. The molecule has 22 heavy (non-hydrogen) atoms. The van der Waals surface area contributed by atoms with Crippen LogP contribution in [0, 0.1) is 17.0 Å². The van der Waals surface area contributed by atoms with E-state index < -0.39 is 28.7 Å².